The largest absolute Gasteiger partial charge is 0.399 e. The second-order valence-electron chi connectivity index (χ2n) is 6.31. The monoisotopic (exact) mass is 372 g/mol. The Labute approximate surface area is 157 Å². The fourth-order valence-electron chi connectivity index (χ4n) is 2.94. The molecular weight excluding hydrogens is 352 g/mol. The van der Waals surface area contributed by atoms with E-state index >= 15 is 0 Å². The van der Waals surface area contributed by atoms with Gasteiger partial charge in [0.1, 0.15) is 0 Å². The minimum atomic E-state index is -0.694. The lowest BCUT2D eigenvalue weighted by atomic mass is 10.2. The van der Waals surface area contributed by atoms with Crippen molar-refractivity contribution in [1.82, 2.24) is 4.90 Å². The summed E-state index contributed by atoms with van der Waals surface area (Å²) in [5.41, 5.74) is 8.82. The molecule has 0 aromatic heterocycles. The standard InChI is InChI=1S/C19H21ClN4O2/c1-13-3-2-4-15(11-13)23-7-9-24(10-8-23)19(26)18(25)22-17-6-5-14(21)12-16(17)20/h2-6,11-12H,7-10,21H2,1H3,(H,22,25). The number of halogens is 1. The maximum absolute atomic E-state index is 12.4. The van der Waals surface area contributed by atoms with E-state index in [-0.39, 0.29) is 0 Å². The third-order valence-electron chi connectivity index (χ3n) is 4.37. The zero-order chi connectivity index (χ0) is 18.7. The zero-order valence-corrected chi connectivity index (χ0v) is 15.3. The van der Waals surface area contributed by atoms with Crippen molar-refractivity contribution < 1.29 is 9.59 Å². The molecule has 0 bridgehead atoms. The lowest BCUT2D eigenvalue weighted by Gasteiger charge is -2.35. The molecule has 1 aliphatic heterocycles. The van der Waals surface area contributed by atoms with Gasteiger partial charge in [-0.2, -0.15) is 0 Å². The molecule has 3 rings (SSSR count). The number of aryl methyl sites for hydroxylation is 1. The van der Waals surface area contributed by atoms with E-state index in [9.17, 15) is 9.59 Å². The number of hydrogen-bond acceptors (Lipinski definition) is 4. The number of nitrogens with zero attached hydrogens (tertiary/aromatic N) is 2. The first-order valence-electron chi connectivity index (χ1n) is 8.41. The highest BCUT2D eigenvalue weighted by Gasteiger charge is 2.26. The minimum Gasteiger partial charge on any atom is -0.399 e. The van der Waals surface area contributed by atoms with Crippen molar-refractivity contribution >= 4 is 40.5 Å². The Kier molecular flexibility index (Phi) is 5.32. The van der Waals surface area contributed by atoms with Crippen molar-refractivity contribution in [2.75, 3.05) is 42.1 Å². The van der Waals surface area contributed by atoms with Gasteiger partial charge in [-0.25, -0.2) is 0 Å². The maximum Gasteiger partial charge on any atom is 0.313 e. The first kappa shape index (κ1) is 18.1. The van der Waals surface area contributed by atoms with Crippen molar-refractivity contribution in [3.63, 3.8) is 0 Å². The van der Waals surface area contributed by atoms with E-state index in [4.69, 9.17) is 17.3 Å². The van der Waals surface area contributed by atoms with Gasteiger partial charge in [0.05, 0.1) is 10.7 Å². The molecule has 0 saturated carbocycles. The molecule has 1 fully saturated rings. The highest BCUT2D eigenvalue weighted by Crippen LogP contribution is 2.24. The van der Waals surface area contributed by atoms with E-state index in [2.05, 4.69) is 35.3 Å². The fraction of sp³-hybridized carbons (Fsp3) is 0.263. The first-order valence-corrected chi connectivity index (χ1v) is 8.79. The first-order chi connectivity index (χ1) is 12.4. The molecule has 1 saturated heterocycles. The molecule has 0 spiro atoms. The number of piperazine rings is 1. The minimum absolute atomic E-state index is 0.301. The number of nitrogen functional groups attached to an aromatic ring is 1. The van der Waals surface area contributed by atoms with Gasteiger partial charge in [-0.05, 0) is 42.8 Å². The van der Waals surface area contributed by atoms with Crippen molar-refractivity contribution in [2.45, 2.75) is 6.92 Å². The SMILES string of the molecule is Cc1cccc(N2CCN(C(=O)C(=O)Nc3ccc(N)cc3Cl)CC2)c1. The number of amides is 2. The number of rotatable bonds is 2. The Morgan fingerprint density at radius 3 is 2.46 bits per heavy atom. The van der Waals surface area contributed by atoms with Gasteiger partial charge in [0.25, 0.3) is 0 Å². The Bertz CT molecular complexity index is 832. The third kappa shape index (κ3) is 4.08. The van der Waals surface area contributed by atoms with Crippen LogP contribution in [-0.4, -0.2) is 42.9 Å². The molecule has 0 unspecified atom stereocenters. The van der Waals surface area contributed by atoms with E-state index < -0.39 is 11.8 Å². The summed E-state index contributed by atoms with van der Waals surface area (Å²) in [6.07, 6.45) is 0. The Morgan fingerprint density at radius 2 is 1.81 bits per heavy atom. The van der Waals surface area contributed by atoms with Crippen LogP contribution in [0, 0.1) is 6.92 Å². The number of anilines is 3. The highest BCUT2D eigenvalue weighted by atomic mass is 35.5. The summed E-state index contributed by atoms with van der Waals surface area (Å²) in [4.78, 5) is 28.4. The normalized spacial score (nSPS) is 14.2. The Hall–Kier alpha value is -2.73. The second-order valence-corrected chi connectivity index (χ2v) is 6.72. The van der Waals surface area contributed by atoms with Crippen LogP contribution in [0.5, 0.6) is 0 Å². The van der Waals surface area contributed by atoms with Crippen molar-refractivity contribution in [3.05, 3.63) is 53.1 Å². The second kappa shape index (κ2) is 7.66. The third-order valence-corrected chi connectivity index (χ3v) is 4.68. The van der Waals surface area contributed by atoms with E-state index in [1.54, 1.807) is 17.0 Å². The van der Waals surface area contributed by atoms with E-state index in [0.717, 1.165) is 5.69 Å². The van der Waals surface area contributed by atoms with Crippen LogP contribution < -0.4 is 16.0 Å². The molecule has 2 aromatic rings. The number of carbonyl (C=O) groups is 2. The van der Waals surface area contributed by atoms with E-state index in [1.165, 1.54) is 11.6 Å². The molecule has 1 aliphatic rings. The molecule has 26 heavy (non-hydrogen) atoms. The number of benzene rings is 2. The summed E-state index contributed by atoms with van der Waals surface area (Å²) in [6.45, 7) is 4.41. The molecule has 2 amide bonds. The van der Waals surface area contributed by atoms with Gasteiger partial charge in [0.2, 0.25) is 0 Å². The van der Waals surface area contributed by atoms with Crippen LogP contribution in [0.1, 0.15) is 5.56 Å². The molecule has 2 aromatic carbocycles. The zero-order valence-electron chi connectivity index (χ0n) is 14.5. The van der Waals surface area contributed by atoms with Crippen LogP contribution >= 0.6 is 11.6 Å². The maximum atomic E-state index is 12.4. The van der Waals surface area contributed by atoms with E-state index in [0.29, 0.717) is 42.6 Å². The van der Waals surface area contributed by atoms with Gasteiger partial charge in [-0.15, -0.1) is 0 Å². The van der Waals surface area contributed by atoms with Crippen LogP contribution in [-0.2, 0) is 9.59 Å². The highest BCUT2D eigenvalue weighted by molar-refractivity contribution is 6.41. The molecule has 6 nitrogen and oxygen atoms in total. The average Bonchev–Trinajstić information content (AvgIpc) is 2.63. The summed E-state index contributed by atoms with van der Waals surface area (Å²) in [5.74, 6) is -1.25. The van der Waals surface area contributed by atoms with E-state index in [1.807, 2.05) is 6.07 Å². The number of hydrogen-bond donors (Lipinski definition) is 2. The number of nitrogens with two attached hydrogens (primary N) is 1. The summed E-state index contributed by atoms with van der Waals surface area (Å²) in [6, 6.07) is 13.0. The number of carbonyl (C=O) groups excluding carboxylic acids is 2. The van der Waals surface area contributed by atoms with Crippen LogP contribution in [0.2, 0.25) is 5.02 Å². The summed E-state index contributed by atoms with van der Waals surface area (Å²) in [7, 11) is 0. The van der Waals surface area contributed by atoms with Gasteiger partial charge < -0.3 is 20.9 Å². The van der Waals surface area contributed by atoms with Crippen LogP contribution in [0.4, 0.5) is 17.1 Å². The molecule has 3 N–H and O–H groups in total. The molecule has 0 atom stereocenters. The van der Waals surface area contributed by atoms with Gasteiger partial charge >= 0.3 is 11.8 Å². The van der Waals surface area contributed by atoms with Gasteiger partial charge in [-0.3, -0.25) is 9.59 Å². The molecule has 0 aliphatic carbocycles. The molecule has 136 valence electrons. The van der Waals surface area contributed by atoms with Crippen molar-refractivity contribution in [2.24, 2.45) is 0 Å². The van der Waals surface area contributed by atoms with Gasteiger partial charge in [0, 0.05) is 37.6 Å². The van der Waals surface area contributed by atoms with Crippen LogP contribution in [0.3, 0.4) is 0 Å². The van der Waals surface area contributed by atoms with Crippen molar-refractivity contribution in [3.8, 4) is 0 Å². The fourth-order valence-corrected chi connectivity index (χ4v) is 3.18. The number of nitrogens with one attached hydrogen (secondary N) is 1. The van der Waals surface area contributed by atoms with Gasteiger partial charge in [-0.1, -0.05) is 23.7 Å². The molecule has 1 heterocycles. The van der Waals surface area contributed by atoms with Crippen LogP contribution in [0.25, 0.3) is 0 Å². The summed E-state index contributed by atoms with van der Waals surface area (Å²) < 4.78 is 0. The molecule has 7 heteroatoms. The van der Waals surface area contributed by atoms with Crippen molar-refractivity contribution in [1.29, 1.82) is 0 Å². The van der Waals surface area contributed by atoms with Crippen LogP contribution in [0.15, 0.2) is 42.5 Å². The summed E-state index contributed by atoms with van der Waals surface area (Å²) >= 11 is 6.04. The predicted octanol–water partition coefficient (Wildman–Crippen LogP) is 2.52. The smallest absolute Gasteiger partial charge is 0.313 e. The topological polar surface area (TPSA) is 78.7 Å². The Balaban J connectivity index is 1.58. The molecule has 0 radical (unpaired) electrons. The van der Waals surface area contributed by atoms with Gasteiger partial charge in [0.15, 0.2) is 0 Å². The molecular formula is C19H21ClN4O2. The average molecular weight is 373 g/mol. The predicted molar refractivity (Wildman–Crippen MR) is 104 cm³/mol. The quantitative estimate of drug-likeness (QED) is 0.627. The lowest BCUT2D eigenvalue weighted by molar-refractivity contribution is -0.143. The Morgan fingerprint density at radius 1 is 1.08 bits per heavy atom. The lowest BCUT2D eigenvalue weighted by Crippen LogP contribution is -2.51. The summed E-state index contributed by atoms with van der Waals surface area (Å²) in [5, 5.41) is 2.85.